The molecule has 2 N–H and O–H groups in total. The van der Waals surface area contributed by atoms with E-state index in [1.807, 2.05) is 25.2 Å². The fraction of sp³-hybridized carbons (Fsp3) is 0.0769. The highest BCUT2D eigenvalue weighted by molar-refractivity contribution is 7.81. The number of hydrogen-bond acceptors (Lipinski definition) is 4. The van der Waals surface area contributed by atoms with E-state index in [0.717, 1.165) is 16.9 Å². The van der Waals surface area contributed by atoms with Gasteiger partial charge in [0, 0.05) is 12.6 Å². The topological polar surface area (TPSA) is 50.1 Å². The fourth-order valence-electron chi connectivity index (χ4n) is 1.55. The van der Waals surface area contributed by atoms with Crippen LogP contribution in [-0.4, -0.2) is 17.0 Å². The van der Waals surface area contributed by atoms with E-state index in [0.29, 0.717) is 10.9 Å². The molecule has 0 fully saturated rings. The van der Waals surface area contributed by atoms with E-state index in [2.05, 4.69) is 22.2 Å². The normalized spacial score (nSPS) is 9.83. The summed E-state index contributed by atoms with van der Waals surface area (Å²) in [4.78, 5) is 4.68. The molecule has 18 heavy (non-hydrogen) atoms. The molecule has 0 spiro atoms. The molecule has 1 aromatic heterocycles. The van der Waals surface area contributed by atoms with Crippen LogP contribution in [0.2, 0.25) is 0 Å². The number of benzene rings is 1. The summed E-state index contributed by atoms with van der Waals surface area (Å²) in [5.74, 6) is 0.574. The van der Waals surface area contributed by atoms with Crippen LogP contribution in [0.25, 0.3) is 11.5 Å². The number of anilines is 2. The van der Waals surface area contributed by atoms with Crippen molar-refractivity contribution >= 4 is 28.6 Å². The van der Waals surface area contributed by atoms with Crippen LogP contribution in [0, 0.1) is 0 Å². The van der Waals surface area contributed by atoms with Gasteiger partial charge in [-0.25, -0.2) is 4.98 Å². The fourth-order valence-corrected chi connectivity index (χ4v) is 1.66. The van der Waals surface area contributed by atoms with E-state index < -0.39 is 0 Å². The van der Waals surface area contributed by atoms with Crippen LogP contribution in [0.1, 0.15) is 0 Å². The van der Waals surface area contributed by atoms with Crippen molar-refractivity contribution in [2.45, 2.75) is 0 Å². The highest BCUT2D eigenvalue weighted by Gasteiger charge is 2.07. The second-order valence-corrected chi connectivity index (χ2v) is 3.98. The predicted molar refractivity (Wildman–Crippen MR) is 77.9 cm³/mol. The summed E-state index contributed by atoms with van der Waals surface area (Å²) in [7, 11) is 1.85. The first-order valence-corrected chi connectivity index (χ1v) is 5.80. The Hall–Kier alpha value is -2.14. The second-order valence-electron chi connectivity index (χ2n) is 3.54. The quantitative estimate of drug-likeness (QED) is 0.651. The smallest absolute Gasteiger partial charge is 0.225 e. The summed E-state index contributed by atoms with van der Waals surface area (Å²) in [6.45, 7) is 3.63. The third-order valence-corrected chi connectivity index (χ3v) is 2.68. The first-order chi connectivity index (χ1) is 8.74. The summed E-state index contributed by atoms with van der Waals surface area (Å²) in [5, 5.41) is 6.18. The van der Waals surface area contributed by atoms with Crippen LogP contribution >= 0.6 is 12.2 Å². The zero-order valence-corrected chi connectivity index (χ0v) is 10.8. The van der Waals surface area contributed by atoms with Gasteiger partial charge in [-0.2, -0.15) is 0 Å². The zero-order chi connectivity index (χ0) is 13.0. The minimum atomic E-state index is 0.566. The van der Waals surface area contributed by atoms with Gasteiger partial charge >= 0.3 is 0 Å². The standard InChI is InChI=1S/C13H13N3OS/c1-3-12(18)16-11-8-9(4-5-10(11)14-2)13-15-6-7-17-13/h3-8,14H,1H2,2H3,(H,16,18). The van der Waals surface area contributed by atoms with E-state index >= 15 is 0 Å². The third-order valence-electron chi connectivity index (χ3n) is 2.41. The molecule has 0 atom stereocenters. The van der Waals surface area contributed by atoms with E-state index in [1.54, 1.807) is 18.5 Å². The molecule has 0 unspecified atom stereocenters. The van der Waals surface area contributed by atoms with Crippen LogP contribution in [0.3, 0.4) is 0 Å². The van der Waals surface area contributed by atoms with Crippen molar-refractivity contribution in [3.05, 3.63) is 43.3 Å². The van der Waals surface area contributed by atoms with Crippen LogP contribution in [0.15, 0.2) is 47.7 Å². The summed E-state index contributed by atoms with van der Waals surface area (Å²) >= 11 is 5.09. The minimum Gasteiger partial charge on any atom is -0.445 e. The molecule has 0 aliphatic heterocycles. The molecule has 1 aromatic carbocycles. The molecule has 2 aromatic rings. The molecule has 92 valence electrons. The Bertz CT molecular complexity index is 564. The van der Waals surface area contributed by atoms with Crippen molar-refractivity contribution in [1.82, 2.24) is 4.98 Å². The lowest BCUT2D eigenvalue weighted by molar-refractivity contribution is 0.574. The van der Waals surface area contributed by atoms with E-state index in [-0.39, 0.29) is 0 Å². The summed E-state index contributed by atoms with van der Waals surface area (Å²) in [6.07, 6.45) is 4.75. The number of nitrogens with zero attached hydrogens (tertiary/aromatic N) is 1. The average molecular weight is 259 g/mol. The van der Waals surface area contributed by atoms with Gasteiger partial charge in [0.15, 0.2) is 0 Å². The van der Waals surface area contributed by atoms with Crippen molar-refractivity contribution in [3.63, 3.8) is 0 Å². The van der Waals surface area contributed by atoms with Crippen LogP contribution in [-0.2, 0) is 0 Å². The Balaban J connectivity index is 2.39. The van der Waals surface area contributed by atoms with Crippen molar-refractivity contribution in [2.24, 2.45) is 0 Å². The van der Waals surface area contributed by atoms with Crippen LogP contribution < -0.4 is 10.6 Å². The Morgan fingerprint density at radius 1 is 1.44 bits per heavy atom. The first kappa shape index (κ1) is 12.3. The molecular weight excluding hydrogens is 246 g/mol. The maximum absolute atomic E-state index is 5.27. The molecule has 0 saturated heterocycles. The number of oxazole rings is 1. The Morgan fingerprint density at radius 3 is 2.89 bits per heavy atom. The summed E-state index contributed by atoms with van der Waals surface area (Å²) in [5.41, 5.74) is 2.68. The number of thiocarbonyl (C=S) groups is 1. The zero-order valence-electron chi connectivity index (χ0n) is 9.93. The van der Waals surface area contributed by atoms with Gasteiger partial charge in [-0.3, -0.25) is 0 Å². The van der Waals surface area contributed by atoms with E-state index in [9.17, 15) is 0 Å². The molecule has 0 bridgehead atoms. The molecule has 0 amide bonds. The predicted octanol–water partition coefficient (Wildman–Crippen LogP) is 3.31. The largest absolute Gasteiger partial charge is 0.445 e. The van der Waals surface area contributed by atoms with Gasteiger partial charge in [-0.05, 0) is 24.3 Å². The number of aromatic nitrogens is 1. The Morgan fingerprint density at radius 2 is 2.28 bits per heavy atom. The van der Waals surface area contributed by atoms with E-state index in [4.69, 9.17) is 16.6 Å². The van der Waals surface area contributed by atoms with Gasteiger partial charge in [0.05, 0.1) is 17.6 Å². The molecule has 0 saturated carbocycles. The molecule has 0 radical (unpaired) electrons. The number of nitrogens with one attached hydrogen (secondary N) is 2. The van der Waals surface area contributed by atoms with Gasteiger partial charge in [-0.15, -0.1) is 0 Å². The van der Waals surface area contributed by atoms with Crippen molar-refractivity contribution < 1.29 is 4.42 Å². The molecule has 5 heteroatoms. The Labute approximate surface area is 111 Å². The lowest BCUT2D eigenvalue weighted by Crippen LogP contribution is -2.07. The Kier molecular flexibility index (Phi) is 3.74. The molecule has 0 aliphatic rings. The molecular formula is C13H13N3OS. The van der Waals surface area contributed by atoms with Gasteiger partial charge in [0.25, 0.3) is 0 Å². The SMILES string of the molecule is C=CC(=S)Nc1cc(-c2ncco2)ccc1NC. The summed E-state index contributed by atoms with van der Waals surface area (Å²) < 4.78 is 5.27. The maximum Gasteiger partial charge on any atom is 0.225 e. The average Bonchev–Trinajstić information content (AvgIpc) is 2.92. The molecule has 4 nitrogen and oxygen atoms in total. The molecule has 1 heterocycles. The van der Waals surface area contributed by atoms with Gasteiger partial charge in [-0.1, -0.05) is 18.8 Å². The van der Waals surface area contributed by atoms with Crippen molar-refractivity contribution in [1.29, 1.82) is 0 Å². The van der Waals surface area contributed by atoms with Gasteiger partial charge in [0.1, 0.15) is 11.3 Å². The highest BCUT2D eigenvalue weighted by Crippen LogP contribution is 2.28. The minimum absolute atomic E-state index is 0.566. The third kappa shape index (κ3) is 2.57. The lowest BCUT2D eigenvalue weighted by atomic mass is 10.1. The van der Waals surface area contributed by atoms with Crippen molar-refractivity contribution in [2.75, 3.05) is 17.7 Å². The van der Waals surface area contributed by atoms with Gasteiger partial charge < -0.3 is 15.1 Å². The maximum atomic E-state index is 5.27. The lowest BCUT2D eigenvalue weighted by Gasteiger charge is -2.11. The van der Waals surface area contributed by atoms with Crippen LogP contribution in [0.4, 0.5) is 11.4 Å². The highest BCUT2D eigenvalue weighted by atomic mass is 32.1. The summed E-state index contributed by atoms with van der Waals surface area (Å²) in [6, 6.07) is 5.79. The molecule has 2 rings (SSSR count). The first-order valence-electron chi connectivity index (χ1n) is 5.39. The number of rotatable bonds is 4. The molecule has 0 aliphatic carbocycles. The van der Waals surface area contributed by atoms with E-state index in [1.165, 1.54) is 0 Å². The second kappa shape index (κ2) is 5.46. The van der Waals surface area contributed by atoms with Gasteiger partial charge in [0.2, 0.25) is 5.89 Å². The van der Waals surface area contributed by atoms with Crippen molar-refractivity contribution in [3.8, 4) is 11.5 Å². The number of hydrogen-bond donors (Lipinski definition) is 2. The van der Waals surface area contributed by atoms with Crippen LogP contribution in [0.5, 0.6) is 0 Å². The monoisotopic (exact) mass is 259 g/mol.